The molecule has 0 aliphatic carbocycles. The molecule has 0 saturated carbocycles. The van der Waals surface area contributed by atoms with Crippen LogP contribution in [-0.4, -0.2) is 31.2 Å². The van der Waals surface area contributed by atoms with E-state index in [9.17, 15) is 8.42 Å². The highest BCUT2D eigenvalue weighted by molar-refractivity contribution is 8.00. The number of aromatic nitrogens is 1. The number of nitrogens with zero attached hydrogens (tertiary/aromatic N) is 1. The highest BCUT2D eigenvalue weighted by atomic mass is 32.2. The van der Waals surface area contributed by atoms with E-state index in [0.717, 1.165) is 10.6 Å². The van der Waals surface area contributed by atoms with Crippen molar-refractivity contribution in [3.8, 4) is 0 Å². The van der Waals surface area contributed by atoms with Crippen LogP contribution in [0.2, 0.25) is 0 Å². The summed E-state index contributed by atoms with van der Waals surface area (Å²) in [5.74, 6) is 0.706. The van der Waals surface area contributed by atoms with Gasteiger partial charge in [0, 0.05) is 24.2 Å². The Bertz CT molecular complexity index is 427. The van der Waals surface area contributed by atoms with Crippen molar-refractivity contribution >= 4 is 21.6 Å². The van der Waals surface area contributed by atoms with Crippen molar-refractivity contribution in [2.75, 3.05) is 17.8 Å². The smallest absolute Gasteiger partial charge is 0.148 e. The molecule has 1 atom stereocenters. The highest BCUT2D eigenvalue weighted by Crippen LogP contribution is 2.17. The lowest BCUT2D eigenvalue weighted by atomic mass is 10.2. The first-order chi connectivity index (χ1) is 7.38. The van der Waals surface area contributed by atoms with Crippen LogP contribution in [0.1, 0.15) is 18.5 Å². The van der Waals surface area contributed by atoms with E-state index in [1.54, 1.807) is 6.20 Å². The molecule has 0 aliphatic heterocycles. The number of hydrogen-bond donors (Lipinski definition) is 1. The fraction of sp³-hybridized carbons (Fsp3) is 0.500. The molecule has 4 nitrogen and oxygen atoms in total. The second kappa shape index (κ2) is 5.65. The summed E-state index contributed by atoms with van der Waals surface area (Å²) in [5, 5.41) is 0.827. The zero-order valence-corrected chi connectivity index (χ0v) is 11.0. The molecular weight excluding hydrogens is 244 g/mol. The van der Waals surface area contributed by atoms with Crippen molar-refractivity contribution in [3.63, 3.8) is 0 Å². The first-order valence-electron chi connectivity index (χ1n) is 4.90. The van der Waals surface area contributed by atoms with Crippen LogP contribution in [0.5, 0.6) is 0 Å². The normalized spacial score (nSPS) is 13.7. The Morgan fingerprint density at radius 1 is 1.50 bits per heavy atom. The van der Waals surface area contributed by atoms with Crippen LogP contribution in [0, 0.1) is 0 Å². The molecule has 0 spiro atoms. The molecule has 90 valence electrons. The molecule has 0 unspecified atom stereocenters. The maximum atomic E-state index is 10.9. The van der Waals surface area contributed by atoms with Crippen LogP contribution in [0.3, 0.4) is 0 Å². The first kappa shape index (κ1) is 13.5. The maximum Gasteiger partial charge on any atom is 0.148 e. The van der Waals surface area contributed by atoms with E-state index < -0.39 is 9.84 Å². The van der Waals surface area contributed by atoms with Gasteiger partial charge in [-0.2, -0.15) is 0 Å². The van der Waals surface area contributed by atoms with E-state index in [4.69, 9.17) is 5.73 Å². The predicted octanol–water partition coefficient (Wildman–Crippen LogP) is 1.24. The maximum absolute atomic E-state index is 10.9. The van der Waals surface area contributed by atoms with Gasteiger partial charge in [-0.3, -0.25) is 0 Å². The predicted molar refractivity (Wildman–Crippen MR) is 67.3 cm³/mol. The topological polar surface area (TPSA) is 73.1 Å². The average Bonchev–Trinajstić information content (AvgIpc) is 2.16. The summed E-state index contributed by atoms with van der Waals surface area (Å²) in [5.41, 5.74) is 6.67. The van der Waals surface area contributed by atoms with Crippen LogP contribution in [0.4, 0.5) is 0 Å². The number of rotatable bonds is 5. The monoisotopic (exact) mass is 260 g/mol. The van der Waals surface area contributed by atoms with E-state index in [-0.39, 0.29) is 11.8 Å². The van der Waals surface area contributed by atoms with Crippen molar-refractivity contribution in [2.24, 2.45) is 5.73 Å². The number of nitrogens with two attached hydrogens (primary N) is 1. The molecule has 0 aromatic carbocycles. The summed E-state index contributed by atoms with van der Waals surface area (Å²) in [6, 6.07) is 3.76. The second-order valence-corrected chi connectivity index (χ2v) is 7.07. The first-order valence-corrected chi connectivity index (χ1v) is 7.95. The third-order valence-corrected chi connectivity index (χ3v) is 4.14. The molecule has 0 radical (unpaired) electrons. The summed E-state index contributed by atoms with van der Waals surface area (Å²) in [4.78, 5) is 4.21. The Kier molecular flexibility index (Phi) is 4.76. The second-order valence-electron chi connectivity index (χ2n) is 3.70. The van der Waals surface area contributed by atoms with Crippen molar-refractivity contribution in [1.82, 2.24) is 4.98 Å². The minimum absolute atomic E-state index is 0.0254. The minimum Gasteiger partial charge on any atom is -0.324 e. The van der Waals surface area contributed by atoms with E-state index in [2.05, 4.69) is 4.98 Å². The Balaban J connectivity index is 2.50. The number of hydrogen-bond acceptors (Lipinski definition) is 5. The molecule has 0 aliphatic rings. The van der Waals surface area contributed by atoms with E-state index in [1.165, 1.54) is 18.0 Å². The van der Waals surface area contributed by atoms with Gasteiger partial charge in [0.1, 0.15) is 9.84 Å². The van der Waals surface area contributed by atoms with Crippen molar-refractivity contribution < 1.29 is 8.42 Å². The van der Waals surface area contributed by atoms with Crippen LogP contribution >= 0.6 is 11.8 Å². The van der Waals surface area contributed by atoms with Crippen LogP contribution < -0.4 is 5.73 Å². The molecule has 0 amide bonds. The van der Waals surface area contributed by atoms with Crippen LogP contribution in [0.25, 0.3) is 0 Å². The highest BCUT2D eigenvalue weighted by Gasteiger charge is 2.04. The molecule has 1 rings (SSSR count). The van der Waals surface area contributed by atoms with Crippen LogP contribution in [0.15, 0.2) is 23.4 Å². The van der Waals surface area contributed by atoms with Gasteiger partial charge in [-0.05, 0) is 18.6 Å². The molecule has 1 aromatic heterocycles. The summed E-state index contributed by atoms with van der Waals surface area (Å²) in [6.45, 7) is 1.90. The SMILES string of the molecule is C[C@@H](N)c1ccc(SCCS(C)(=O)=O)nc1. The summed E-state index contributed by atoms with van der Waals surface area (Å²) >= 11 is 1.44. The molecule has 1 heterocycles. The van der Waals surface area contributed by atoms with Gasteiger partial charge in [0.2, 0.25) is 0 Å². The Labute approximate surface area is 101 Å². The van der Waals surface area contributed by atoms with Gasteiger partial charge in [0.05, 0.1) is 10.8 Å². The van der Waals surface area contributed by atoms with Gasteiger partial charge in [-0.25, -0.2) is 13.4 Å². The van der Waals surface area contributed by atoms with E-state index in [0.29, 0.717) is 5.75 Å². The molecule has 6 heteroatoms. The van der Waals surface area contributed by atoms with Gasteiger partial charge in [0.15, 0.2) is 0 Å². The van der Waals surface area contributed by atoms with E-state index >= 15 is 0 Å². The van der Waals surface area contributed by atoms with Crippen molar-refractivity contribution in [2.45, 2.75) is 18.0 Å². The Hall–Kier alpha value is -0.590. The van der Waals surface area contributed by atoms with Gasteiger partial charge in [-0.15, -0.1) is 11.8 Å². The Morgan fingerprint density at radius 3 is 2.62 bits per heavy atom. The molecule has 16 heavy (non-hydrogen) atoms. The molecule has 0 saturated heterocycles. The summed E-state index contributed by atoms with van der Waals surface area (Å²) in [7, 11) is -2.88. The van der Waals surface area contributed by atoms with Gasteiger partial charge >= 0.3 is 0 Å². The van der Waals surface area contributed by atoms with Gasteiger partial charge in [0.25, 0.3) is 0 Å². The molecule has 1 aromatic rings. The van der Waals surface area contributed by atoms with Crippen molar-refractivity contribution in [3.05, 3.63) is 23.9 Å². The lowest BCUT2D eigenvalue weighted by molar-refractivity contribution is 0.603. The standard InChI is InChI=1S/C10H16N2O2S2/c1-8(11)9-3-4-10(12-7-9)15-5-6-16(2,13)14/h3-4,7-8H,5-6,11H2,1-2H3/t8-/m1/s1. The number of thioether (sulfide) groups is 1. The zero-order valence-electron chi connectivity index (χ0n) is 9.38. The number of pyridine rings is 1. The third-order valence-electron chi connectivity index (χ3n) is 1.99. The molecule has 2 N–H and O–H groups in total. The van der Waals surface area contributed by atoms with Crippen molar-refractivity contribution in [1.29, 1.82) is 0 Å². The Morgan fingerprint density at radius 2 is 2.19 bits per heavy atom. The lowest BCUT2D eigenvalue weighted by Crippen LogP contribution is -2.06. The lowest BCUT2D eigenvalue weighted by Gasteiger charge is -2.05. The zero-order chi connectivity index (χ0) is 12.2. The molecular formula is C10H16N2O2S2. The third kappa shape index (κ3) is 4.96. The van der Waals surface area contributed by atoms with Crippen LogP contribution in [-0.2, 0) is 9.84 Å². The number of sulfone groups is 1. The molecule has 0 bridgehead atoms. The summed E-state index contributed by atoms with van der Waals surface area (Å²) in [6.07, 6.45) is 2.97. The average molecular weight is 260 g/mol. The quantitative estimate of drug-likeness (QED) is 0.806. The summed E-state index contributed by atoms with van der Waals surface area (Å²) < 4.78 is 21.8. The largest absolute Gasteiger partial charge is 0.324 e. The fourth-order valence-corrected chi connectivity index (χ4v) is 3.09. The minimum atomic E-state index is -2.88. The van der Waals surface area contributed by atoms with E-state index in [1.807, 2.05) is 19.1 Å². The molecule has 0 fully saturated rings. The fourth-order valence-electron chi connectivity index (χ4n) is 1.04. The van der Waals surface area contributed by atoms with Gasteiger partial charge < -0.3 is 5.73 Å². The van der Waals surface area contributed by atoms with Gasteiger partial charge in [-0.1, -0.05) is 6.07 Å².